The van der Waals surface area contributed by atoms with Gasteiger partial charge in [0.1, 0.15) is 11.8 Å². The van der Waals surface area contributed by atoms with E-state index < -0.39 is 6.04 Å². The van der Waals surface area contributed by atoms with Gasteiger partial charge < -0.3 is 15.0 Å². The Morgan fingerprint density at radius 2 is 1.72 bits per heavy atom. The molecule has 0 bridgehead atoms. The lowest BCUT2D eigenvalue weighted by Gasteiger charge is -2.29. The fourth-order valence-electron chi connectivity index (χ4n) is 2.88. The van der Waals surface area contributed by atoms with Crippen LogP contribution in [0.3, 0.4) is 0 Å². The van der Waals surface area contributed by atoms with Crippen molar-refractivity contribution in [3.63, 3.8) is 0 Å². The van der Waals surface area contributed by atoms with Gasteiger partial charge in [-0.2, -0.15) is 0 Å². The van der Waals surface area contributed by atoms with Crippen molar-refractivity contribution in [3.8, 4) is 5.75 Å². The molecular weight excluding hydrogens is 432 g/mol. The Balaban J connectivity index is 2.17. The molecule has 29 heavy (non-hydrogen) atoms. The summed E-state index contributed by atoms with van der Waals surface area (Å²) in [7, 11) is 0. The predicted octanol–water partition coefficient (Wildman–Crippen LogP) is 4.39. The SMILES string of the molecule is Cc1cccc(OCC(=O)N(Cc2ccc(Br)cc2)[C@@H](C)C(=O)NC(C)C)c1C. The van der Waals surface area contributed by atoms with Crippen molar-refractivity contribution in [2.24, 2.45) is 0 Å². The molecule has 1 atom stereocenters. The van der Waals surface area contributed by atoms with Crippen LogP contribution in [0, 0.1) is 13.8 Å². The number of aryl methyl sites for hydroxylation is 1. The van der Waals surface area contributed by atoms with Crippen LogP contribution in [-0.2, 0) is 16.1 Å². The van der Waals surface area contributed by atoms with Crippen molar-refractivity contribution >= 4 is 27.7 Å². The summed E-state index contributed by atoms with van der Waals surface area (Å²) in [6.07, 6.45) is 0. The highest BCUT2D eigenvalue weighted by atomic mass is 79.9. The van der Waals surface area contributed by atoms with Gasteiger partial charge in [0, 0.05) is 17.1 Å². The fourth-order valence-corrected chi connectivity index (χ4v) is 3.14. The molecule has 0 aromatic heterocycles. The van der Waals surface area contributed by atoms with E-state index in [-0.39, 0.29) is 24.5 Å². The average Bonchev–Trinajstić information content (AvgIpc) is 2.67. The van der Waals surface area contributed by atoms with Crippen molar-refractivity contribution < 1.29 is 14.3 Å². The molecule has 0 spiro atoms. The lowest BCUT2D eigenvalue weighted by atomic mass is 10.1. The van der Waals surface area contributed by atoms with Crippen LogP contribution in [0.15, 0.2) is 46.9 Å². The summed E-state index contributed by atoms with van der Waals surface area (Å²) in [4.78, 5) is 27.2. The minimum absolute atomic E-state index is 0.000719. The molecule has 0 aliphatic carbocycles. The molecule has 0 fully saturated rings. The van der Waals surface area contributed by atoms with Gasteiger partial charge in [-0.05, 0) is 69.5 Å². The number of carbonyl (C=O) groups excluding carboxylic acids is 2. The van der Waals surface area contributed by atoms with E-state index >= 15 is 0 Å². The van der Waals surface area contributed by atoms with Crippen LogP contribution in [0.25, 0.3) is 0 Å². The third-order valence-corrected chi connectivity index (χ3v) is 5.30. The van der Waals surface area contributed by atoms with Gasteiger partial charge in [0.05, 0.1) is 0 Å². The first-order chi connectivity index (χ1) is 13.7. The molecule has 2 aromatic rings. The van der Waals surface area contributed by atoms with Gasteiger partial charge in [0.25, 0.3) is 5.91 Å². The van der Waals surface area contributed by atoms with Crippen LogP contribution in [0.4, 0.5) is 0 Å². The van der Waals surface area contributed by atoms with Crippen LogP contribution < -0.4 is 10.1 Å². The number of hydrogen-bond acceptors (Lipinski definition) is 3. The first-order valence-electron chi connectivity index (χ1n) is 9.72. The molecule has 0 aliphatic heterocycles. The zero-order valence-electron chi connectivity index (χ0n) is 17.7. The lowest BCUT2D eigenvalue weighted by Crippen LogP contribution is -2.50. The van der Waals surface area contributed by atoms with Gasteiger partial charge in [-0.25, -0.2) is 0 Å². The summed E-state index contributed by atoms with van der Waals surface area (Å²) < 4.78 is 6.76. The van der Waals surface area contributed by atoms with Gasteiger partial charge in [0.2, 0.25) is 5.91 Å². The number of ether oxygens (including phenoxy) is 1. The molecule has 0 saturated heterocycles. The Morgan fingerprint density at radius 1 is 1.07 bits per heavy atom. The molecule has 5 nitrogen and oxygen atoms in total. The maximum absolute atomic E-state index is 13.0. The summed E-state index contributed by atoms with van der Waals surface area (Å²) >= 11 is 3.42. The Morgan fingerprint density at radius 3 is 2.34 bits per heavy atom. The zero-order valence-corrected chi connectivity index (χ0v) is 19.2. The van der Waals surface area contributed by atoms with Crippen LogP contribution in [0.2, 0.25) is 0 Å². The number of halogens is 1. The molecule has 0 radical (unpaired) electrons. The molecular formula is C23H29BrN2O3. The number of nitrogens with one attached hydrogen (secondary N) is 1. The highest BCUT2D eigenvalue weighted by Gasteiger charge is 2.27. The lowest BCUT2D eigenvalue weighted by molar-refractivity contribution is -0.142. The molecule has 156 valence electrons. The summed E-state index contributed by atoms with van der Waals surface area (Å²) in [5.74, 6) is 0.263. The third kappa shape index (κ3) is 6.60. The molecule has 0 heterocycles. The monoisotopic (exact) mass is 460 g/mol. The Bertz CT molecular complexity index is 850. The summed E-state index contributed by atoms with van der Waals surface area (Å²) in [6.45, 7) is 9.71. The van der Waals surface area contributed by atoms with E-state index in [9.17, 15) is 9.59 Å². The molecule has 6 heteroatoms. The molecule has 0 saturated carbocycles. The summed E-state index contributed by atoms with van der Waals surface area (Å²) in [5.41, 5.74) is 3.05. The van der Waals surface area contributed by atoms with Gasteiger partial charge in [-0.1, -0.05) is 40.2 Å². The van der Waals surface area contributed by atoms with Crippen molar-refractivity contribution in [1.29, 1.82) is 0 Å². The van der Waals surface area contributed by atoms with E-state index in [4.69, 9.17) is 4.74 Å². The number of benzene rings is 2. The second-order valence-electron chi connectivity index (χ2n) is 7.47. The van der Waals surface area contributed by atoms with Crippen molar-refractivity contribution in [1.82, 2.24) is 10.2 Å². The smallest absolute Gasteiger partial charge is 0.261 e. The second kappa shape index (κ2) is 10.4. The number of nitrogens with zero attached hydrogens (tertiary/aromatic N) is 1. The maximum Gasteiger partial charge on any atom is 0.261 e. The molecule has 2 amide bonds. The number of rotatable bonds is 8. The van der Waals surface area contributed by atoms with E-state index in [2.05, 4.69) is 21.2 Å². The standard InChI is InChI=1S/C23H29BrN2O3/c1-15(2)25-23(28)18(5)26(13-19-9-11-20(24)12-10-19)22(27)14-29-21-8-6-7-16(3)17(21)4/h6-12,15,18H,13-14H2,1-5H3,(H,25,28)/t18-/m0/s1. The minimum atomic E-state index is -0.615. The summed E-state index contributed by atoms with van der Waals surface area (Å²) in [6, 6.07) is 12.8. The molecule has 0 unspecified atom stereocenters. The number of carbonyl (C=O) groups is 2. The summed E-state index contributed by atoms with van der Waals surface area (Å²) in [5, 5.41) is 2.88. The topological polar surface area (TPSA) is 58.6 Å². The highest BCUT2D eigenvalue weighted by molar-refractivity contribution is 9.10. The first-order valence-corrected chi connectivity index (χ1v) is 10.5. The second-order valence-corrected chi connectivity index (χ2v) is 8.39. The number of amides is 2. The molecule has 1 N–H and O–H groups in total. The Hall–Kier alpha value is -2.34. The van der Waals surface area contributed by atoms with E-state index in [0.29, 0.717) is 12.3 Å². The van der Waals surface area contributed by atoms with Gasteiger partial charge in [0.15, 0.2) is 6.61 Å². The average molecular weight is 461 g/mol. The Kier molecular flexibility index (Phi) is 8.26. The van der Waals surface area contributed by atoms with E-state index in [1.54, 1.807) is 11.8 Å². The van der Waals surface area contributed by atoms with Crippen LogP contribution >= 0.6 is 15.9 Å². The first kappa shape index (κ1) is 22.9. The van der Waals surface area contributed by atoms with Crippen LogP contribution in [0.1, 0.15) is 37.5 Å². The van der Waals surface area contributed by atoms with Crippen LogP contribution in [0.5, 0.6) is 5.75 Å². The Labute approximate surface area is 181 Å². The van der Waals surface area contributed by atoms with Crippen molar-refractivity contribution in [3.05, 3.63) is 63.6 Å². The highest BCUT2D eigenvalue weighted by Crippen LogP contribution is 2.21. The van der Waals surface area contributed by atoms with Crippen LogP contribution in [-0.4, -0.2) is 35.4 Å². The fraction of sp³-hybridized carbons (Fsp3) is 0.391. The quantitative estimate of drug-likeness (QED) is 0.635. The van der Waals surface area contributed by atoms with Gasteiger partial charge in [-0.15, -0.1) is 0 Å². The third-order valence-electron chi connectivity index (χ3n) is 4.77. The number of hydrogen-bond donors (Lipinski definition) is 1. The minimum Gasteiger partial charge on any atom is -0.483 e. The van der Waals surface area contributed by atoms with Crippen molar-refractivity contribution in [2.75, 3.05) is 6.61 Å². The van der Waals surface area contributed by atoms with E-state index in [0.717, 1.165) is 21.2 Å². The maximum atomic E-state index is 13.0. The predicted molar refractivity (Wildman–Crippen MR) is 119 cm³/mol. The normalized spacial score (nSPS) is 11.8. The van der Waals surface area contributed by atoms with Gasteiger partial charge >= 0.3 is 0 Å². The van der Waals surface area contributed by atoms with E-state index in [1.165, 1.54) is 0 Å². The van der Waals surface area contributed by atoms with E-state index in [1.807, 2.05) is 70.2 Å². The molecule has 0 aliphatic rings. The molecule has 2 aromatic carbocycles. The van der Waals surface area contributed by atoms with Crippen molar-refractivity contribution in [2.45, 2.75) is 53.2 Å². The zero-order chi connectivity index (χ0) is 21.6. The van der Waals surface area contributed by atoms with Gasteiger partial charge in [-0.3, -0.25) is 9.59 Å². The molecule has 2 rings (SSSR count). The largest absolute Gasteiger partial charge is 0.483 e.